The maximum absolute atomic E-state index is 13.9. The molecule has 0 saturated carbocycles. The number of nitrogens with one attached hydrogen (secondary N) is 2. The van der Waals surface area contributed by atoms with E-state index in [1.165, 1.54) is 31.5 Å². The Morgan fingerprint density at radius 3 is 2.77 bits per heavy atom. The summed E-state index contributed by atoms with van der Waals surface area (Å²) in [7, 11) is 0. The molecule has 0 spiro atoms. The van der Waals surface area contributed by atoms with Crippen molar-refractivity contribution in [2.75, 3.05) is 26.0 Å². The van der Waals surface area contributed by atoms with Crippen molar-refractivity contribution in [3.8, 4) is 0 Å². The van der Waals surface area contributed by atoms with Crippen LogP contribution in [0.15, 0.2) is 23.2 Å². The van der Waals surface area contributed by atoms with Crippen LogP contribution in [-0.4, -0.2) is 37.4 Å². The second-order valence-electron chi connectivity index (χ2n) is 8.29. The van der Waals surface area contributed by atoms with Gasteiger partial charge in [0.2, 0.25) is 0 Å². The van der Waals surface area contributed by atoms with Crippen molar-refractivity contribution in [3.63, 3.8) is 0 Å². The molecule has 2 heterocycles. The first kappa shape index (κ1) is 20.2. The molecule has 26 heavy (non-hydrogen) atoms. The van der Waals surface area contributed by atoms with Crippen LogP contribution in [0.3, 0.4) is 0 Å². The number of hydrogen-bond acceptors (Lipinski definition) is 3. The Bertz CT molecular complexity index is 665. The molecule has 3 nitrogen and oxygen atoms in total. The average Bonchev–Trinajstić information content (AvgIpc) is 2.57. The van der Waals surface area contributed by atoms with Gasteiger partial charge in [-0.25, -0.2) is 0 Å². The van der Waals surface area contributed by atoms with E-state index in [2.05, 4.69) is 30.7 Å². The Morgan fingerprint density at radius 2 is 2.23 bits per heavy atom. The number of fused-ring (bicyclic) bond motifs is 1. The third-order valence-corrected chi connectivity index (χ3v) is 12.7. The molecule has 1 aromatic carbocycles. The van der Waals surface area contributed by atoms with E-state index in [-0.39, 0.29) is 11.7 Å². The van der Waals surface area contributed by atoms with Gasteiger partial charge in [-0.1, -0.05) is 0 Å². The molecule has 0 amide bonds. The number of hydrogen-bond donors (Lipinski definition) is 2. The van der Waals surface area contributed by atoms with Crippen LogP contribution >= 0.6 is 18.5 Å². The van der Waals surface area contributed by atoms with Crippen molar-refractivity contribution in [2.24, 2.45) is 4.99 Å². The Kier molecular flexibility index (Phi) is 6.08. The molecule has 1 aromatic rings. The predicted octanol–water partition coefficient (Wildman–Crippen LogP) is 5.54. The SMILES string of the molecule is CCCCCC(C(C)=NCNP12(C)CCC1CN2)c1cc(F)cc(Cl)c1. The van der Waals surface area contributed by atoms with E-state index >= 15 is 0 Å². The molecule has 0 aliphatic carbocycles. The van der Waals surface area contributed by atoms with Gasteiger partial charge in [-0.2, -0.15) is 0 Å². The van der Waals surface area contributed by atoms with Crippen molar-refractivity contribution < 1.29 is 4.39 Å². The van der Waals surface area contributed by atoms with Gasteiger partial charge in [0, 0.05) is 0 Å². The molecule has 2 saturated heterocycles. The molecular weight excluding hydrogens is 368 g/mol. The molecule has 0 aromatic heterocycles. The molecule has 6 heteroatoms. The average molecular weight is 400 g/mol. The van der Waals surface area contributed by atoms with Gasteiger partial charge in [0.15, 0.2) is 0 Å². The quantitative estimate of drug-likeness (QED) is 0.325. The van der Waals surface area contributed by atoms with Crippen molar-refractivity contribution >= 4 is 24.2 Å². The molecule has 2 unspecified atom stereocenters. The molecule has 146 valence electrons. The van der Waals surface area contributed by atoms with E-state index in [0.717, 1.165) is 36.3 Å². The molecule has 2 aliphatic rings. The topological polar surface area (TPSA) is 36.4 Å². The van der Waals surface area contributed by atoms with E-state index in [4.69, 9.17) is 16.6 Å². The van der Waals surface area contributed by atoms with Crippen LogP contribution in [0.2, 0.25) is 5.02 Å². The second-order valence-corrected chi connectivity index (χ2v) is 14.3. The molecule has 2 N–H and O–H groups in total. The van der Waals surface area contributed by atoms with Gasteiger partial charge in [-0.15, -0.1) is 0 Å². The summed E-state index contributed by atoms with van der Waals surface area (Å²) in [4.78, 5) is 4.85. The Hall–Kier alpha value is -0.540. The van der Waals surface area contributed by atoms with Gasteiger partial charge in [0.05, 0.1) is 0 Å². The third kappa shape index (κ3) is 3.99. The summed E-state index contributed by atoms with van der Waals surface area (Å²) in [6, 6.07) is 4.86. The zero-order chi connectivity index (χ0) is 18.8. The molecule has 2 aliphatic heterocycles. The van der Waals surface area contributed by atoms with Crippen LogP contribution in [0.25, 0.3) is 0 Å². The number of nitrogens with zero attached hydrogens (tertiary/aromatic N) is 1. The molecular formula is C20H32ClFN3P. The van der Waals surface area contributed by atoms with Crippen molar-refractivity contribution in [2.45, 2.75) is 57.5 Å². The first-order valence-electron chi connectivity index (χ1n) is 9.84. The summed E-state index contributed by atoms with van der Waals surface area (Å²) in [5.74, 6) is -0.137. The second kappa shape index (κ2) is 7.83. The van der Waals surface area contributed by atoms with Gasteiger partial charge in [-0.3, -0.25) is 0 Å². The van der Waals surface area contributed by atoms with Gasteiger partial charge in [-0.05, 0) is 0 Å². The minimum absolute atomic E-state index is 0.133. The summed E-state index contributed by atoms with van der Waals surface area (Å²) in [5, 5.41) is 7.94. The van der Waals surface area contributed by atoms with Crippen LogP contribution < -0.4 is 10.2 Å². The van der Waals surface area contributed by atoms with E-state index < -0.39 is 6.90 Å². The van der Waals surface area contributed by atoms with Crippen LogP contribution in [0, 0.1) is 5.82 Å². The number of benzene rings is 1. The fourth-order valence-electron chi connectivity index (χ4n) is 4.36. The van der Waals surface area contributed by atoms with Gasteiger partial charge < -0.3 is 0 Å². The Labute approximate surface area is 162 Å². The molecule has 2 atom stereocenters. The first-order valence-corrected chi connectivity index (χ1v) is 13.2. The minimum atomic E-state index is -1.81. The van der Waals surface area contributed by atoms with Gasteiger partial charge in [0.25, 0.3) is 0 Å². The monoisotopic (exact) mass is 399 g/mol. The summed E-state index contributed by atoms with van der Waals surface area (Å²) in [6.07, 6.45) is 7.09. The third-order valence-electron chi connectivity index (χ3n) is 6.52. The van der Waals surface area contributed by atoms with Crippen LogP contribution in [0.1, 0.15) is 57.4 Å². The normalized spacial score (nSPS) is 26.0. The van der Waals surface area contributed by atoms with Crippen LogP contribution in [0.4, 0.5) is 4.39 Å². The predicted molar refractivity (Wildman–Crippen MR) is 114 cm³/mol. The fourth-order valence-corrected chi connectivity index (χ4v) is 8.64. The summed E-state index contributed by atoms with van der Waals surface area (Å²) < 4.78 is 13.9. The van der Waals surface area contributed by atoms with Crippen molar-refractivity contribution in [1.29, 1.82) is 0 Å². The van der Waals surface area contributed by atoms with E-state index in [1.54, 1.807) is 6.07 Å². The van der Waals surface area contributed by atoms with E-state index in [9.17, 15) is 4.39 Å². The van der Waals surface area contributed by atoms with Crippen molar-refractivity contribution in [3.05, 3.63) is 34.6 Å². The molecule has 0 radical (unpaired) electrons. The number of unbranched alkanes of at least 4 members (excludes halogenated alkanes) is 2. The zero-order valence-corrected chi connectivity index (χ0v) is 17.8. The zero-order valence-electron chi connectivity index (χ0n) is 16.2. The number of rotatable bonds is 9. The summed E-state index contributed by atoms with van der Waals surface area (Å²) >= 11 is 6.10. The van der Waals surface area contributed by atoms with E-state index in [0.29, 0.717) is 11.7 Å². The first-order chi connectivity index (χ1) is 12.3. The molecule has 0 bridgehead atoms. The summed E-state index contributed by atoms with van der Waals surface area (Å²) in [6.45, 7) is 6.67. The fraction of sp³-hybridized carbons (Fsp3) is 0.650. The van der Waals surface area contributed by atoms with Crippen LogP contribution in [0.5, 0.6) is 0 Å². The van der Waals surface area contributed by atoms with Gasteiger partial charge in [0.1, 0.15) is 0 Å². The standard InChI is InChI=1S/C20H32ClFN3P/c1-4-5-6-7-20(16-10-17(21)12-18(22)11-16)15(2)23-14-25-26(3)9-8-19(26)13-24-26/h10-12,19-20,24-25H,4-9,13-14H2,1-3H3. The number of halogens is 2. The van der Waals surface area contributed by atoms with E-state index in [1.807, 2.05) is 6.07 Å². The summed E-state index contributed by atoms with van der Waals surface area (Å²) in [5.41, 5.74) is 2.86. The van der Waals surface area contributed by atoms with Crippen molar-refractivity contribution in [1.82, 2.24) is 10.2 Å². The van der Waals surface area contributed by atoms with Crippen LogP contribution in [-0.2, 0) is 0 Å². The van der Waals surface area contributed by atoms with Gasteiger partial charge >= 0.3 is 162 Å². The number of aliphatic imine (C=N–C) groups is 1. The maximum atomic E-state index is 13.9. The molecule has 2 fully saturated rings. The molecule has 3 rings (SSSR count). The Morgan fingerprint density at radius 1 is 1.42 bits per heavy atom. The Balaban J connectivity index is 1.70.